The van der Waals surface area contributed by atoms with E-state index in [4.69, 9.17) is 23.2 Å². The molecule has 0 aromatic carbocycles. The molecule has 2 aromatic rings. The Labute approximate surface area is 95.7 Å². The molecule has 0 N–H and O–H groups in total. The van der Waals surface area contributed by atoms with Crippen LogP contribution in [0.5, 0.6) is 0 Å². The van der Waals surface area contributed by atoms with Gasteiger partial charge < -0.3 is 5.21 Å². The van der Waals surface area contributed by atoms with E-state index in [-0.39, 0.29) is 16.1 Å². The highest BCUT2D eigenvalue weighted by Gasteiger charge is 2.12. The van der Waals surface area contributed by atoms with Crippen LogP contribution in [0.1, 0.15) is 0 Å². The summed E-state index contributed by atoms with van der Waals surface area (Å²) >= 11 is 11.4. The van der Waals surface area contributed by atoms with Gasteiger partial charge in [0, 0.05) is 18.2 Å². The zero-order chi connectivity index (χ0) is 10.8. The van der Waals surface area contributed by atoms with E-state index in [9.17, 15) is 5.21 Å². The van der Waals surface area contributed by atoms with E-state index in [2.05, 4.69) is 9.97 Å². The van der Waals surface area contributed by atoms with Crippen LogP contribution < -0.4 is 4.73 Å². The molecule has 0 fully saturated rings. The van der Waals surface area contributed by atoms with Gasteiger partial charge in [-0.3, -0.25) is 0 Å². The molecule has 6 heteroatoms. The lowest BCUT2D eigenvalue weighted by molar-refractivity contribution is -0.594. The minimum Gasteiger partial charge on any atom is -0.618 e. The van der Waals surface area contributed by atoms with Crippen LogP contribution in [0.2, 0.25) is 10.3 Å². The monoisotopic (exact) mass is 241 g/mol. The molecular formula is C9H5Cl2N3O. The van der Waals surface area contributed by atoms with Gasteiger partial charge in [-0.25, -0.2) is 9.97 Å². The molecule has 0 aliphatic heterocycles. The molecule has 0 atom stereocenters. The summed E-state index contributed by atoms with van der Waals surface area (Å²) in [6.45, 7) is 0. The third-order valence-electron chi connectivity index (χ3n) is 1.72. The van der Waals surface area contributed by atoms with Gasteiger partial charge >= 0.3 is 0 Å². The van der Waals surface area contributed by atoms with Crippen molar-refractivity contribution in [1.82, 2.24) is 9.97 Å². The minimum atomic E-state index is 0.203. The summed E-state index contributed by atoms with van der Waals surface area (Å²) in [7, 11) is 0. The van der Waals surface area contributed by atoms with E-state index >= 15 is 0 Å². The Kier molecular flexibility index (Phi) is 2.70. The Morgan fingerprint density at radius 2 is 1.80 bits per heavy atom. The molecule has 0 bridgehead atoms. The van der Waals surface area contributed by atoms with E-state index in [1.165, 1.54) is 12.3 Å². The number of hydrogen-bond acceptors (Lipinski definition) is 3. The molecule has 0 radical (unpaired) electrons. The molecule has 4 nitrogen and oxygen atoms in total. The molecule has 2 aromatic heterocycles. The summed E-state index contributed by atoms with van der Waals surface area (Å²) in [5.41, 5.74) is 0.307. The fraction of sp³-hybridized carbons (Fsp3) is 0. The molecule has 0 spiro atoms. The second-order valence-electron chi connectivity index (χ2n) is 2.75. The second-order valence-corrected chi connectivity index (χ2v) is 3.52. The third-order valence-corrected chi connectivity index (χ3v) is 2.10. The van der Waals surface area contributed by atoms with Crippen molar-refractivity contribution in [1.29, 1.82) is 0 Å². The highest BCUT2D eigenvalue weighted by Crippen LogP contribution is 2.17. The van der Waals surface area contributed by atoms with Gasteiger partial charge in [-0.1, -0.05) is 23.2 Å². The van der Waals surface area contributed by atoms with Gasteiger partial charge in [-0.05, 0) is 6.07 Å². The van der Waals surface area contributed by atoms with Gasteiger partial charge in [0.15, 0.2) is 6.20 Å². The minimum absolute atomic E-state index is 0.203. The predicted octanol–water partition coefficient (Wildman–Crippen LogP) is 2.08. The van der Waals surface area contributed by atoms with Gasteiger partial charge in [0.25, 0.3) is 5.69 Å². The smallest absolute Gasteiger partial charge is 0.261 e. The molecule has 2 heterocycles. The first-order valence-corrected chi connectivity index (χ1v) is 4.81. The van der Waals surface area contributed by atoms with Gasteiger partial charge in [-0.15, -0.1) is 0 Å². The largest absolute Gasteiger partial charge is 0.618 e. The van der Waals surface area contributed by atoms with E-state index in [1.54, 1.807) is 18.2 Å². The van der Waals surface area contributed by atoms with Crippen LogP contribution in [0, 0.1) is 5.21 Å². The molecule has 2 rings (SSSR count). The Bertz CT molecular complexity index is 484. The van der Waals surface area contributed by atoms with E-state index < -0.39 is 0 Å². The standard InChI is InChI=1S/C9H5Cl2N3O/c10-7-5-8(11)13-9(12-7)6-3-1-2-4-14(6)15/h1-5H. The van der Waals surface area contributed by atoms with Crippen LogP contribution in [-0.2, 0) is 0 Å². The highest BCUT2D eigenvalue weighted by atomic mass is 35.5. The van der Waals surface area contributed by atoms with Crippen molar-refractivity contribution in [3.63, 3.8) is 0 Å². The molecule has 76 valence electrons. The average molecular weight is 242 g/mol. The molecule has 0 aliphatic carbocycles. The van der Waals surface area contributed by atoms with Crippen LogP contribution in [0.25, 0.3) is 11.5 Å². The van der Waals surface area contributed by atoms with Crippen LogP contribution in [0.15, 0.2) is 30.5 Å². The summed E-state index contributed by atoms with van der Waals surface area (Å²) in [6.07, 6.45) is 1.35. The van der Waals surface area contributed by atoms with E-state index in [0.29, 0.717) is 10.4 Å². The number of pyridine rings is 1. The summed E-state index contributed by atoms with van der Waals surface area (Å²) < 4.78 is 0.655. The lowest BCUT2D eigenvalue weighted by Crippen LogP contribution is -2.28. The summed E-state index contributed by atoms with van der Waals surface area (Å²) in [5, 5.41) is 11.8. The van der Waals surface area contributed by atoms with Crippen molar-refractivity contribution in [2.75, 3.05) is 0 Å². The van der Waals surface area contributed by atoms with Crippen molar-refractivity contribution in [3.8, 4) is 11.5 Å². The van der Waals surface area contributed by atoms with Crippen LogP contribution in [0.4, 0.5) is 0 Å². The predicted molar refractivity (Wildman–Crippen MR) is 56.4 cm³/mol. The van der Waals surface area contributed by atoms with Gasteiger partial charge in [-0.2, -0.15) is 4.73 Å². The van der Waals surface area contributed by atoms with Crippen molar-refractivity contribution < 1.29 is 4.73 Å². The van der Waals surface area contributed by atoms with Crippen LogP contribution in [0.3, 0.4) is 0 Å². The molecule has 0 saturated heterocycles. The number of hydrogen-bond donors (Lipinski definition) is 0. The number of halogens is 2. The lowest BCUT2D eigenvalue weighted by atomic mass is 10.3. The number of aromatic nitrogens is 3. The Balaban J connectivity index is 2.59. The van der Waals surface area contributed by atoms with Crippen LogP contribution in [-0.4, -0.2) is 9.97 Å². The van der Waals surface area contributed by atoms with E-state index in [0.717, 1.165) is 0 Å². The number of rotatable bonds is 1. The van der Waals surface area contributed by atoms with Crippen molar-refractivity contribution in [2.45, 2.75) is 0 Å². The fourth-order valence-corrected chi connectivity index (χ4v) is 1.53. The normalized spacial score (nSPS) is 10.3. The molecule has 0 aliphatic rings. The van der Waals surface area contributed by atoms with Crippen molar-refractivity contribution in [3.05, 3.63) is 46.0 Å². The Hall–Kier alpha value is -1.39. The SMILES string of the molecule is [O-][n+]1ccccc1-c1nc(Cl)cc(Cl)n1. The van der Waals surface area contributed by atoms with Crippen molar-refractivity contribution >= 4 is 23.2 Å². The lowest BCUT2D eigenvalue weighted by Gasteiger charge is -2.02. The topological polar surface area (TPSA) is 52.7 Å². The summed E-state index contributed by atoms with van der Waals surface area (Å²) in [6, 6.07) is 6.32. The summed E-state index contributed by atoms with van der Waals surface area (Å²) in [4.78, 5) is 7.83. The first-order valence-electron chi connectivity index (χ1n) is 4.05. The zero-order valence-corrected chi connectivity index (χ0v) is 8.90. The maximum atomic E-state index is 11.4. The van der Waals surface area contributed by atoms with Gasteiger partial charge in [0.1, 0.15) is 10.3 Å². The van der Waals surface area contributed by atoms with Gasteiger partial charge in [0.05, 0.1) is 0 Å². The highest BCUT2D eigenvalue weighted by molar-refractivity contribution is 6.33. The van der Waals surface area contributed by atoms with E-state index in [1.807, 2.05) is 0 Å². The summed E-state index contributed by atoms with van der Waals surface area (Å²) in [5.74, 6) is 0.211. The molecule has 0 saturated carbocycles. The molecule has 15 heavy (non-hydrogen) atoms. The molecular weight excluding hydrogens is 237 g/mol. The number of nitrogens with zero attached hydrogens (tertiary/aromatic N) is 3. The maximum absolute atomic E-state index is 11.4. The second kappa shape index (κ2) is 4.00. The quantitative estimate of drug-likeness (QED) is 0.437. The Morgan fingerprint density at radius 1 is 1.13 bits per heavy atom. The first-order chi connectivity index (χ1) is 7.16. The van der Waals surface area contributed by atoms with Crippen molar-refractivity contribution in [2.24, 2.45) is 0 Å². The molecule has 0 amide bonds. The Morgan fingerprint density at radius 3 is 2.40 bits per heavy atom. The zero-order valence-electron chi connectivity index (χ0n) is 7.39. The fourth-order valence-electron chi connectivity index (χ4n) is 1.11. The first kappa shape index (κ1) is 10.1. The average Bonchev–Trinajstić information content (AvgIpc) is 2.16. The van der Waals surface area contributed by atoms with Crippen LogP contribution >= 0.6 is 23.2 Å². The maximum Gasteiger partial charge on any atom is 0.261 e. The third kappa shape index (κ3) is 2.16. The van der Waals surface area contributed by atoms with Gasteiger partial charge in [0.2, 0.25) is 5.82 Å². The molecule has 0 unspecified atom stereocenters.